The van der Waals surface area contributed by atoms with Gasteiger partial charge in [0.15, 0.2) is 11.9 Å². The molecule has 6 heterocycles. The van der Waals surface area contributed by atoms with Crippen molar-refractivity contribution in [1.82, 2.24) is 135 Å². The van der Waals surface area contributed by atoms with E-state index in [1.54, 1.807) is 0 Å². The first-order valence-electron chi connectivity index (χ1n) is 40.6. The number of amides is 14. The van der Waals surface area contributed by atoms with Crippen LogP contribution in [0.2, 0.25) is 0 Å². The lowest BCUT2D eigenvalue weighted by atomic mass is 10.1. The Morgan fingerprint density at radius 2 is 0.560 bits per heavy atom. The summed E-state index contributed by atoms with van der Waals surface area (Å²) in [6, 6.07) is -13.3. The van der Waals surface area contributed by atoms with Crippen LogP contribution in [0.1, 0.15) is 60.4 Å². The lowest BCUT2D eigenvalue weighted by Crippen LogP contribution is -2.58. The SMILES string of the molecule is CC(=O)N[C@@H](CCCNC(=N)N)C(=O)N[C@@H](Cn1ccc(=O)[nH]c1=O)C(=O)N(C)CC(=O)N[C@@H](Cn1cc(C)c(=O)[nH]c1=O)C(=O)N(C)CC(=O)N[C@@H](Cn1cc(C)c(=O)[nH]c1=O)C(=O)N(C)CC(=O)N[C@@H](Cn1cc(C)c(=O)[nH]c1=O)C(=O)N(C)CC(=O)N[C@@H](Cn1cc(C)c(=O)[nH]c1=O)C(=O)N(C)CC(=O)N[C@@H](Cn1cc(C)c(=O)[nH]c1=O)C(=O)N[C@@H](CCCNC(=N)N)C(N)=O. The van der Waals surface area contributed by atoms with Gasteiger partial charge in [0.1, 0.15) is 48.3 Å². The third kappa shape index (κ3) is 31.6. The van der Waals surface area contributed by atoms with Gasteiger partial charge in [-0.2, -0.15) is 0 Å². The number of aromatic nitrogens is 12. The summed E-state index contributed by atoms with van der Waals surface area (Å²) in [5.41, 5.74) is 4.16. The molecule has 0 unspecified atom stereocenters. The Kier molecular flexibility index (Phi) is 38.0. The number of primary amides is 1. The number of likely N-dealkylation sites (N-methyl/N-ethyl adjacent to an activating group) is 5. The summed E-state index contributed by atoms with van der Waals surface area (Å²) < 4.78 is 4.79. The van der Waals surface area contributed by atoms with Gasteiger partial charge < -0.3 is 94.9 Å². The predicted octanol–water partition coefficient (Wildman–Crippen LogP) is -16.0. The number of aromatic amines is 6. The lowest BCUT2D eigenvalue weighted by molar-refractivity contribution is -0.142. The molecule has 6 aromatic rings. The van der Waals surface area contributed by atoms with Crippen molar-refractivity contribution in [3.63, 3.8) is 0 Å². The Labute approximate surface area is 753 Å². The van der Waals surface area contributed by atoms with Crippen LogP contribution in [-0.2, 0) is 106 Å². The zero-order valence-electron chi connectivity index (χ0n) is 74.4. The first-order valence-corrected chi connectivity index (χ1v) is 40.6. The molecule has 0 radical (unpaired) electrons. The normalized spacial score (nSPS) is 12.7. The second-order valence-electron chi connectivity index (χ2n) is 31.2. The van der Waals surface area contributed by atoms with Crippen LogP contribution in [0.5, 0.6) is 0 Å². The first-order chi connectivity index (χ1) is 62.7. The van der Waals surface area contributed by atoms with Crippen molar-refractivity contribution in [2.45, 2.75) is 155 Å². The minimum Gasteiger partial charge on any atom is -0.370 e. The van der Waals surface area contributed by atoms with E-state index in [9.17, 15) is 125 Å². The predicted molar refractivity (Wildman–Crippen MR) is 468 cm³/mol. The molecule has 6 aromatic heterocycles. The molecular weight excluding hydrogens is 1780 g/mol. The number of hydrogen-bond acceptors (Lipinski definition) is 28. The summed E-state index contributed by atoms with van der Waals surface area (Å²) in [7, 11) is 5.06. The maximum absolute atomic E-state index is 14.8. The number of hydrogen-bond donors (Lipinski definition) is 21. The van der Waals surface area contributed by atoms with E-state index in [1.165, 1.54) is 34.6 Å². The average Bonchev–Trinajstić information content (AvgIpc) is 0.704. The number of nitrogens with two attached hydrogens (primary N) is 3. The van der Waals surface area contributed by atoms with Gasteiger partial charge in [0.25, 0.3) is 33.4 Å². The molecular formula is C76H106N32O26. The molecule has 0 aliphatic carbocycles. The molecule has 58 heteroatoms. The molecule has 0 fully saturated rings. The molecule has 0 saturated heterocycles. The Bertz CT molecular complexity index is 6300. The van der Waals surface area contributed by atoms with E-state index in [4.69, 9.17) is 28.0 Å². The number of rotatable bonds is 46. The highest BCUT2D eigenvalue weighted by molar-refractivity contribution is 5.98. The standard InChI is InChI=1S/C76H106N32O26/c1-36-20-104(72(130)93-57(36)117)25-44(63(123)90-42(56(77)116)14-12-17-82-69(78)79)85-51(111)31-98(7)64(124)45(27-105-21-37(2)58(118)94-73(105)131)86-52(112)32-99(8)65(125)46(28-106-22-38(3)59(119)95-74(106)132)87-53(113)33-100(9)66(126)47(29-107-23-39(4)60(120)96-75(107)133)88-54(114)34-101(10)67(127)48(30-108-24-40(5)61(121)97-76(108)134)89-55(115)35-102(11)68(128)49(26-103-19-16-50(110)92-71(103)129)91-62(122)43(84-41(6)109)15-13-18-83-70(80)81/h16,19-24,42-49H,12-15,17-18,25-35H2,1-11H3,(H2,77,116)(H,84,109)(H,85,111)(H,86,112)(H,87,113)(H,88,114)(H,89,115)(H,90,123)(H,91,122)(H4,78,79,82)(H4,80,81,83)(H,92,110,129)(H,93,117,130)(H,94,118,131)(H,95,119,132)(H,96,120,133)(H,97,121,134)/t42-,43-,44-,45-,46-,47-,48-,49-/m0/s1. The van der Waals surface area contributed by atoms with E-state index in [-0.39, 0.29) is 66.6 Å². The number of H-pyrrole nitrogens is 6. The quantitative estimate of drug-likeness (QED) is 0.00958. The fourth-order valence-electron chi connectivity index (χ4n) is 13.1. The first kappa shape index (κ1) is 106. The van der Waals surface area contributed by atoms with Gasteiger partial charge in [-0.15, -0.1) is 0 Å². The highest BCUT2D eigenvalue weighted by Crippen LogP contribution is 2.10. The Balaban J connectivity index is 1.25. The van der Waals surface area contributed by atoms with Crippen LogP contribution in [0.15, 0.2) is 101 Å². The van der Waals surface area contributed by atoms with E-state index in [0.717, 1.165) is 118 Å². The van der Waals surface area contributed by atoms with Gasteiger partial charge in [-0.3, -0.25) is 164 Å². The van der Waals surface area contributed by atoms with Crippen molar-refractivity contribution in [2.24, 2.45) is 17.2 Å². The lowest BCUT2D eigenvalue weighted by Gasteiger charge is -2.29. The van der Waals surface area contributed by atoms with Crippen molar-refractivity contribution in [2.75, 3.05) is 81.1 Å². The van der Waals surface area contributed by atoms with E-state index >= 15 is 0 Å². The third-order valence-corrected chi connectivity index (χ3v) is 20.0. The van der Waals surface area contributed by atoms with Crippen LogP contribution in [0, 0.1) is 45.4 Å². The summed E-state index contributed by atoms with van der Waals surface area (Å²) in [5, 5.41) is 38.8. The highest BCUT2D eigenvalue weighted by atomic mass is 16.2. The van der Waals surface area contributed by atoms with Crippen molar-refractivity contribution in [3.8, 4) is 0 Å². The fourth-order valence-corrected chi connectivity index (χ4v) is 13.1. The van der Waals surface area contributed by atoms with E-state index in [0.29, 0.717) is 19.6 Å². The van der Waals surface area contributed by atoms with Crippen LogP contribution in [-0.4, -0.2) is 306 Å². The average molecular weight is 1880 g/mol. The van der Waals surface area contributed by atoms with Crippen LogP contribution in [0.25, 0.3) is 0 Å². The van der Waals surface area contributed by atoms with Crippen LogP contribution < -0.4 is 138 Å². The number of aryl methyl sites for hydroxylation is 5. The summed E-state index contributed by atoms with van der Waals surface area (Å²) in [4.78, 5) is 367. The van der Waals surface area contributed by atoms with Crippen molar-refractivity contribution in [1.29, 1.82) is 10.8 Å². The second-order valence-corrected chi connectivity index (χ2v) is 31.2. The van der Waals surface area contributed by atoms with Gasteiger partial charge in [-0.25, -0.2) is 28.8 Å². The largest absolute Gasteiger partial charge is 0.370 e. The van der Waals surface area contributed by atoms with Gasteiger partial charge in [0.05, 0.1) is 72.0 Å². The van der Waals surface area contributed by atoms with E-state index in [2.05, 4.69) is 53.2 Å². The summed E-state index contributed by atoms with van der Waals surface area (Å²) in [5.74, 6) is -16.7. The minimum atomic E-state index is -1.99. The maximum atomic E-state index is 14.8. The van der Waals surface area contributed by atoms with Gasteiger partial charge in [0.2, 0.25) is 82.7 Å². The van der Waals surface area contributed by atoms with E-state index in [1.807, 2.05) is 29.9 Å². The Morgan fingerprint density at radius 3 is 0.821 bits per heavy atom. The van der Waals surface area contributed by atoms with Crippen molar-refractivity contribution >= 4 is 94.6 Å². The van der Waals surface area contributed by atoms with Gasteiger partial charge in [-0.1, -0.05) is 0 Å². The zero-order valence-corrected chi connectivity index (χ0v) is 74.4. The second kappa shape index (κ2) is 48.0. The maximum Gasteiger partial charge on any atom is 0.328 e. The molecule has 6 rings (SSSR count). The Morgan fingerprint density at radius 1 is 0.328 bits per heavy atom. The van der Waals surface area contributed by atoms with Crippen LogP contribution >= 0.6 is 0 Å². The summed E-state index contributed by atoms with van der Waals surface area (Å²) in [6.07, 6.45) is 6.06. The summed E-state index contributed by atoms with van der Waals surface area (Å²) in [6.45, 7) is -2.48. The third-order valence-electron chi connectivity index (χ3n) is 20.0. The fraction of sp³-hybridized carbons (Fsp3) is 0.474. The van der Waals surface area contributed by atoms with Gasteiger partial charge in [-0.05, 0) is 60.3 Å². The number of nitrogens with one attached hydrogen (secondary N) is 18. The summed E-state index contributed by atoms with van der Waals surface area (Å²) >= 11 is 0. The smallest absolute Gasteiger partial charge is 0.328 e. The minimum absolute atomic E-state index is 0.0179. The Hall–Kier alpha value is -16.8. The van der Waals surface area contributed by atoms with Crippen LogP contribution in [0.4, 0.5) is 0 Å². The molecule has 134 heavy (non-hydrogen) atoms. The van der Waals surface area contributed by atoms with Crippen molar-refractivity contribution < 1.29 is 67.1 Å². The van der Waals surface area contributed by atoms with Gasteiger partial charge in [0, 0.05) is 126 Å². The molecule has 58 nitrogen and oxygen atoms in total. The highest BCUT2D eigenvalue weighted by Gasteiger charge is 2.37. The number of guanidine groups is 2. The molecule has 726 valence electrons. The topological polar surface area (TPSA) is 830 Å². The molecule has 0 aliphatic heterocycles. The number of nitrogens with zero attached hydrogens (tertiary/aromatic N) is 11. The number of carbonyl (C=O) groups excluding carboxylic acids is 14. The van der Waals surface area contributed by atoms with E-state index < -0.39 is 282 Å². The number of carbonyl (C=O) groups is 14. The molecule has 24 N–H and O–H groups in total. The monoisotopic (exact) mass is 1880 g/mol. The molecule has 0 bridgehead atoms. The molecule has 0 aromatic carbocycles. The molecule has 0 aliphatic rings. The molecule has 0 spiro atoms. The van der Waals surface area contributed by atoms with Crippen LogP contribution in [0.3, 0.4) is 0 Å². The molecule has 14 amide bonds. The zero-order chi connectivity index (χ0) is 100. The van der Waals surface area contributed by atoms with Crippen molar-refractivity contribution in [3.05, 3.63) is 196 Å². The van der Waals surface area contributed by atoms with Gasteiger partial charge >= 0.3 is 34.1 Å². The molecule has 0 saturated carbocycles. The molecule has 8 atom stereocenters.